The summed E-state index contributed by atoms with van der Waals surface area (Å²) >= 11 is 0. The molecule has 1 aromatic rings. The molecule has 2 atom stereocenters. The van der Waals surface area contributed by atoms with Gasteiger partial charge in [0.2, 0.25) is 0 Å². The van der Waals surface area contributed by atoms with Crippen LogP contribution >= 0.6 is 0 Å². The predicted molar refractivity (Wildman–Crippen MR) is 56.2 cm³/mol. The van der Waals surface area contributed by atoms with E-state index in [-0.39, 0.29) is 29.9 Å². The Morgan fingerprint density at radius 1 is 1.31 bits per heavy atom. The van der Waals surface area contributed by atoms with E-state index in [1.54, 1.807) is 0 Å². The van der Waals surface area contributed by atoms with Crippen LogP contribution in [0.1, 0.15) is 28.4 Å². The third-order valence-corrected chi connectivity index (χ3v) is 2.31. The average Bonchev–Trinajstić information content (AvgIpc) is 2.28. The van der Waals surface area contributed by atoms with Gasteiger partial charge < -0.3 is 20.4 Å². The van der Waals surface area contributed by atoms with Crippen molar-refractivity contribution >= 4 is 6.29 Å². The van der Waals surface area contributed by atoms with Crippen molar-refractivity contribution in [2.24, 2.45) is 0 Å². The molecule has 88 valence electrons. The van der Waals surface area contributed by atoms with Gasteiger partial charge in [-0.3, -0.25) is 4.79 Å². The van der Waals surface area contributed by atoms with Crippen LogP contribution < -0.4 is 0 Å². The number of carbonyl (C=O) groups is 1. The fourth-order valence-corrected chi connectivity index (χ4v) is 1.43. The SMILES string of the molecule is O=Cc1cc(O)ccc1C(O)C(O)CCO. The lowest BCUT2D eigenvalue weighted by molar-refractivity contribution is 0.00393. The fourth-order valence-electron chi connectivity index (χ4n) is 1.43. The molecule has 0 saturated carbocycles. The zero-order chi connectivity index (χ0) is 12.1. The highest BCUT2D eigenvalue weighted by atomic mass is 16.3. The van der Waals surface area contributed by atoms with Crippen molar-refractivity contribution in [1.82, 2.24) is 0 Å². The number of carbonyl (C=O) groups excluding carboxylic acids is 1. The molecule has 1 aromatic carbocycles. The molecular weight excluding hydrogens is 212 g/mol. The van der Waals surface area contributed by atoms with Crippen LogP contribution in [0, 0.1) is 0 Å². The number of benzene rings is 1. The second-order valence-electron chi connectivity index (χ2n) is 3.46. The average molecular weight is 226 g/mol. The topological polar surface area (TPSA) is 98.0 Å². The number of hydrogen-bond acceptors (Lipinski definition) is 5. The van der Waals surface area contributed by atoms with E-state index in [4.69, 9.17) is 10.2 Å². The standard InChI is InChI=1S/C11H14O5/c12-4-3-10(15)11(16)9-2-1-8(14)5-7(9)6-13/h1-2,5-6,10-12,14-16H,3-4H2. The van der Waals surface area contributed by atoms with E-state index < -0.39 is 12.2 Å². The van der Waals surface area contributed by atoms with Crippen LogP contribution in [0.3, 0.4) is 0 Å². The van der Waals surface area contributed by atoms with Crippen LogP contribution in [0.2, 0.25) is 0 Å². The molecular formula is C11H14O5. The van der Waals surface area contributed by atoms with Crippen molar-refractivity contribution in [2.75, 3.05) is 6.61 Å². The molecule has 16 heavy (non-hydrogen) atoms. The monoisotopic (exact) mass is 226 g/mol. The van der Waals surface area contributed by atoms with Crippen LogP contribution in [0.15, 0.2) is 18.2 Å². The molecule has 0 fully saturated rings. The normalized spacial score (nSPS) is 14.4. The molecule has 5 heteroatoms. The molecule has 5 nitrogen and oxygen atoms in total. The highest BCUT2D eigenvalue weighted by Crippen LogP contribution is 2.24. The Balaban J connectivity index is 2.98. The number of aliphatic hydroxyl groups is 3. The van der Waals surface area contributed by atoms with Crippen molar-refractivity contribution in [2.45, 2.75) is 18.6 Å². The van der Waals surface area contributed by atoms with Gasteiger partial charge in [-0.2, -0.15) is 0 Å². The molecule has 0 aliphatic heterocycles. The number of aromatic hydroxyl groups is 1. The second-order valence-corrected chi connectivity index (χ2v) is 3.46. The lowest BCUT2D eigenvalue weighted by Gasteiger charge is -2.18. The van der Waals surface area contributed by atoms with Crippen molar-refractivity contribution in [3.63, 3.8) is 0 Å². The molecule has 0 radical (unpaired) electrons. The first-order chi connectivity index (χ1) is 7.60. The molecule has 2 unspecified atom stereocenters. The Bertz CT molecular complexity index is 363. The second kappa shape index (κ2) is 5.60. The maximum absolute atomic E-state index is 10.7. The molecule has 0 heterocycles. The van der Waals surface area contributed by atoms with E-state index in [2.05, 4.69) is 0 Å². The molecule has 1 rings (SSSR count). The first-order valence-corrected chi connectivity index (χ1v) is 4.85. The van der Waals surface area contributed by atoms with E-state index >= 15 is 0 Å². The molecule has 0 aliphatic rings. The largest absolute Gasteiger partial charge is 0.508 e. The molecule has 0 aliphatic carbocycles. The summed E-state index contributed by atoms with van der Waals surface area (Å²) in [7, 11) is 0. The van der Waals surface area contributed by atoms with Gasteiger partial charge in [0.05, 0.1) is 6.10 Å². The first kappa shape index (κ1) is 12.6. The van der Waals surface area contributed by atoms with Crippen molar-refractivity contribution in [3.8, 4) is 5.75 Å². The van der Waals surface area contributed by atoms with Crippen molar-refractivity contribution in [1.29, 1.82) is 0 Å². The number of phenolic OH excluding ortho intramolecular Hbond substituents is 1. The van der Waals surface area contributed by atoms with E-state index in [1.807, 2.05) is 0 Å². The van der Waals surface area contributed by atoms with E-state index in [0.717, 1.165) is 0 Å². The predicted octanol–water partition coefficient (Wildman–Crippen LogP) is -0.0186. The van der Waals surface area contributed by atoms with Crippen molar-refractivity contribution < 1.29 is 25.2 Å². The maximum atomic E-state index is 10.7. The summed E-state index contributed by atoms with van der Waals surface area (Å²) in [5.74, 6) is -0.0882. The summed E-state index contributed by atoms with van der Waals surface area (Å²) in [6.07, 6.45) is -1.90. The number of rotatable bonds is 5. The summed E-state index contributed by atoms with van der Waals surface area (Å²) in [5.41, 5.74) is 0.346. The van der Waals surface area contributed by atoms with Gasteiger partial charge in [0, 0.05) is 12.2 Å². The van der Waals surface area contributed by atoms with E-state index in [9.17, 15) is 15.0 Å². The minimum absolute atomic E-state index is 0.0142. The number of aliphatic hydroxyl groups excluding tert-OH is 3. The Labute approximate surface area is 92.6 Å². The maximum Gasteiger partial charge on any atom is 0.150 e. The van der Waals surface area contributed by atoms with Crippen LogP contribution in [-0.4, -0.2) is 39.4 Å². The molecule has 0 spiro atoms. The first-order valence-electron chi connectivity index (χ1n) is 4.85. The fraction of sp³-hybridized carbons (Fsp3) is 0.364. The van der Waals surface area contributed by atoms with Gasteiger partial charge >= 0.3 is 0 Å². The molecule has 0 saturated heterocycles. The third-order valence-electron chi connectivity index (χ3n) is 2.31. The number of hydrogen-bond donors (Lipinski definition) is 4. The highest BCUT2D eigenvalue weighted by molar-refractivity contribution is 5.78. The van der Waals surface area contributed by atoms with Gasteiger partial charge in [-0.15, -0.1) is 0 Å². The summed E-state index contributed by atoms with van der Waals surface area (Å²) in [6, 6.07) is 3.89. The van der Waals surface area contributed by atoms with Crippen LogP contribution in [0.4, 0.5) is 0 Å². The van der Waals surface area contributed by atoms with Crippen LogP contribution in [-0.2, 0) is 0 Å². The molecule has 0 aromatic heterocycles. The molecule has 0 bridgehead atoms. The van der Waals surface area contributed by atoms with Gasteiger partial charge in [-0.25, -0.2) is 0 Å². The Hall–Kier alpha value is -1.43. The summed E-state index contributed by atoms with van der Waals surface area (Å²) in [4.78, 5) is 10.7. The Morgan fingerprint density at radius 2 is 2.00 bits per heavy atom. The van der Waals surface area contributed by atoms with Crippen LogP contribution in [0.25, 0.3) is 0 Å². The third kappa shape index (κ3) is 2.79. The quantitative estimate of drug-likeness (QED) is 0.529. The highest BCUT2D eigenvalue weighted by Gasteiger charge is 2.20. The van der Waals surface area contributed by atoms with E-state index in [0.29, 0.717) is 6.29 Å². The summed E-state index contributed by atoms with van der Waals surface area (Å²) in [5, 5.41) is 37.0. The van der Waals surface area contributed by atoms with Gasteiger partial charge in [0.15, 0.2) is 6.29 Å². The van der Waals surface area contributed by atoms with E-state index in [1.165, 1.54) is 18.2 Å². The van der Waals surface area contributed by atoms with Gasteiger partial charge in [-0.1, -0.05) is 6.07 Å². The zero-order valence-corrected chi connectivity index (χ0v) is 8.58. The lowest BCUT2D eigenvalue weighted by Crippen LogP contribution is -2.20. The smallest absolute Gasteiger partial charge is 0.150 e. The lowest BCUT2D eigenvalue weighted by atomic mass is 9.97. The van der Waals surface area contributed by atoms with Gasteiger partial charge in [0.25, 0.3) is 0 Å². The molecule has 4 N–H and O–H groups in total. The Kier molecular flexibility index (Phi) is 4.42. The summed E-state index contributed by atoms with van der Waals surface area (Å²) in [6.45, 7) is -0.257. The van der Waals surface area contributed by atoms with Crippen LogP contribution in [0.5, 0.6) is 5.75 Å². The Morgan fingerprint density at radius 3 is 2.56 bits per heavy atom. The van der Waals surface area contributed by atoms with Gasteiger partial charge in [0.1, 0.15) is 11.9 Å². The minimum atomic E-state index is -1.26. The summed E-state index contributed by atoms with van der Waals surface area (Å²) < 4.78 is 0. The van der Waals surface area contributed by atoms with Gasteiger partial charge in [-0.05, 0) is 24.1 Å². The zero-order valence-electron chi connectivity index (χ0n) is 8.58. The molecule has 0 amide bonds. The number of phenols is 1. The minimum Gasteiger partial charge on any atom is -0.508 e. The van der Waals surface area contributed by atoms with Crippen molar-refractivity contribution in [3.05, 3.63) is 29.3 Å². The number of aldehydes is 1.